The summed E-state index contributed by atoms with van der Waals surface area (Å²) in [4.78, 5) is 0. The monoisotopic (exact) mass is 321 g/mol. The van der Waals surface area contributed by atoms with Gasteiger partial charge in [0, 0.05) is 5.56 Å². The average Bonchev–Trinajstić information content (AvgIpc) is 2.11. The number of hydrogen-bond donors (Lipinski definition) is 0. The summed E-state index contributed by atoms with van der Waals surface area (Å²) in [6.45, 7) is 4.80. The molecule has 0 saturated heterocycles. The van der Waals surface area contributed by atoms with Crippen molar-refractivity contribution in [2.45, 2.75) is 6.54 Å². The van der Waals surface area contributed by atoms with Crippen LogP contribution in [0.2, 0.25) is 0 Å². The SMILES string of the molecule is C=Cc1ccc(C[N+](C)(C)C)cc1.F[P-](F)(F)(F)(F)F. The van der Waals surface area contributed by atoms with Crippen LogP contribution in [0.25, 0.3) is 6.08 Å². The molecule has 0 bridgehead atoms. The van der Waals surface area contributed by atoms with E-state index in [1.54, 1.807) is 0 Å². The second-order valence-corrected chi connectivity index (χ2v) is 7.27. The Labute approximate surface area is 114 Å². The molecule has 0 atom stereocenters. The first-order chi connectivity index (χ1) is 8.46. The first-order valence-corrected chi connectivity index (χ1v) is 7.57. The molecule has 0 saturated carbocycles. The molecule has 1 nitrogen and oxygen atoms in total. The van der Waals surface area contributed by atoms with Crippen molar-refractivity contribution in [1.29, 1.82) is 0 Å². The second-order valence-electron chi connectivity index (χ2n) is 5.35. The van der Waals surface area contributed by atoms with Crippen LogP contribution in [-0.4, -0.2) is 25.6 Å². The summed E-state index contributed by atoms with van der Waals surface area (Å²) in [6.07, 6.45) is 1.87. The molecule has 1 rings (SSSR count). The topological polar surface area (TPSA) is 0 Å². The minimum atomic E-state index is -10.7. The average molecular weight is 321 g/mol. The van der Waals surface area contributed by atoms with E-state index < -0.39 is 7.81 Å². The van der Waals surface area contributed by atoms with Crippen molar-refractivity contribution < 1.29 is 29.7 Å². The van der Waals surface area contributed by atoms with Gasteiger partial charge in [0.1, 0.15) is 6.54 Å². The molecule has 1 aromatic rings. The number of quaternary nitrogens is 1. The van der Waals surface area contributed by atoms with Crippen LogP contribution in [0.1, 0.15) is 11.1 Å². The van der Waals surface area contributed by atoms with Gasteiger partial charge in [0.25, 0.3) is 0 Å². The Morgan fingerprint density at radius 3 is 1.55 bits per heavy atom. The van der Waals surface area contributed by atoms with Crippen LogP contribution in [0.15, 0.2) is 30.8 Å². The number of nitrogens with zero attached hydrogens (tertiary/aromatic N) is 1. The summed E-state index contributed by atoms with van der Waals surface area (Å²) in [7, 11) is -4.07. The fourth-order valence-electron chi connectivity index (χ4n) is 1.31. The first-order valence-electron chi connectivity index (χ1n) is 5.54. The summed E-state index contributed by atoms with van der Waals surface area (Å²) in [5.74, 6) is 0. The van der Waals surface area contributed by atoms with Gasteiger partial charge in [-0.1, -0.05) is 36.9 Å². The molecule has 8 heteroatoms. The molecule has 0 amide bonds. The van der Waals surface area contributed by atoms with Crippen LogP contribution < -0.4 is 0 Å². The van der Waals surface area contributed by atoms with Gasteiger partial charge in [0.2, 0.25) is 0 Å². The predicted molar refractivity (Wildman–Crippen MR) is 71.8 cm³/mol. The second kappa shape index (κ2) is 5.04. The summed E-state index contributed by atoms with van der Waals surface area (Å²) in [5, 5.41) is 0. The van der Waals surface area contributed by atoms with Crippen molar-refractivity contribution >= 4 is 13.9 Å². The maximum absolute atomic E-state index is 10.7. The van der Waals surface area contributed by atoms with Crippen molar-refractivity contribution in [3.05, 3.63) is 42.0 Å². The van der Waals surface area contributed by atoms with Gasteiger partial charge in [-0.3, -0.25) is 0 Å². The quantitative estimate of drug-likeness (QED) is 0.368. The van der Waals surface area contributed by atoms with Gasteiger partial charge in [0.05, 0.1) is 21.1 Å². The fraction of sp³-hybridized carbons (Fsp3) is 0.333. The zero-order valence-electron chi connectivity index (χ0n) is 11.5. The van der Waals surface area contributed by atoms with Crippen molar-refractivity contribution in [3.8, 4) is 0 Å². The van der Waals surface area contributed by atoms with E-state index in [9.17, 15) is 25.2 Å². The molecule has 20 heavy (non-hydrogen) atoms. The van der Waals surface area contributed by atoms with Crippen LogP contribution in [0, 0.1) is 0 Å². The molecular formula is C12H18F6NP. The van der Waals surface area contributed by atoms with Crippen LogP contribution in [0.3, 0.4) is 0 Å². The zero-order valence-corrected chi connectivity index (χ0v) is 12.4. The molecule has 0 unspecified atom stereocenters. The van der Waals surface area contributed by atoms with E-state index >= 15 is 0 Å². The molecule has 0 aromatic heterocycles. The van der Waals surface area contributed by atoms with Gasteiger partial charge in [0.15, 0.2) is 0 Å². The Kier molecular flexibility index (Phi) is 4.77. The molecule has 0 aliphatic carbocycles. The van der Waals surface area contributed by atoms with Crippen LogP contribution >= 0.6 is 7.81 Å². The normalized spacial score (nSPS) is 15.4. The molecule has 0 N–H and O–H groups in total. The van der Waals surface area contributed by atoms with E-state index in [4.69, 9.17) is 0 Å². The van der Waals surface area contributed by atoms with Gasteiger partial charge in [-0.05, 0) is 5.56 Å². The Hall–Kier alpha value is -1.07. The van der Waals surface area contributed by atoms with Gasteiger partial charge in [-0.15, -0.1) is 0 Å². The third-order valence-electron chi connectivity index (χ3n) is 1.87. The summed E-state index contributed by atoms with van der Waals surface area (Å²) in [5.41, 5.74) is 2.56. The molecule has 0 radical (unpaired) electrons. The minimum absolute atomic E-state index is 0.966. The van der Waals surface area contributed by atoms with Gasteiger partial charge in [-0.2, -0.15) is 0 Å². The molecule has 0 aliphatic rings. The van der Waals surface area contributed by atoms with E-state index in [0.717, 1.165) is 11.0 Å². The third kappa shape index (κ3) is 16.9. The fourth-order valence-corrected chi connectivity index (χ4v) is 1.31. The van der Waals surface area contributed by atoms with Crippen LogP contribution in [0.5, 0.6) is 0 Å². The predicted octanol–water partition coefficient (Wildman–Crippen LogP) is 5.92. The molecule has 1 aromatic carbocycles. The van der Waals surface area contributed by atoms with Gasteiger partial charge < -0.3 is 4.48 Å². The third-order valence-corrected chi connectivity index (χ3v) is 1.87. The molecular weight excluding hydrogens is 303 g/mol. The van der Waals surface area contributed by atoms with Crippen molar-refractivity contribution in [1.82, 2.24) is 0 Å². The Balaban J connectivity index is 0.000000441. The Morgan fingerprint density at radius 2 is 1.30 bits per heavy atom. The standard InChI is InChI=1S/C12H18N.F6P/c1-5-11-6-8-12(9-7-11)10-13(2,3)4;1-7(2,3,4,5)6/h5-9H,1,10H2,2-4H3;/q+1;-1. The summed E-state index contributed by atoms with van der Waals surface area (Å²) < 4.78 is 60.2. The molecule has 118 valence electrons. The van der Waals surface area contributed by atoms with E-state index in [1.807, 2.05) is 6.08 Å². The van der Waals surface area contributed by atoms with Crippen molar-refractivity contribution in [2.24, 2.45) is 0 Å². The molecule has 0 aliphatic heterocycles. The van der Waals surface area contributed by atoms with E-state index in [0.29, 0.717) is 0 Å². The van der Waals surface area contributed by atoms with Gasteiger partial charge >= 0.3 is 33.0 Å². The number of hydrogen-bond acceptors (Lipinski definition) is 0. The van der Waals surface area contributed by atoms with Crippen molar-refractivity contribution in [2.75, 3.05) is 21.1 Å². The first kappa shape index (κ1) is 18.9. The van der Waals surface area contributed by atoms with Crippen molar-refractivity contribution in [3.63, 3.8) is 0 Å². The van der Waals surface area contributed by atoms with E-state index in [-0.39, 0.29) is 0 Å². The molecule has 0 heterocycles. The van der Waals surface area contributed by atoms with E-state index in [2.05, 4.69) is 52.0 Å². The summed E-state index contributed by atoms with van der Waals surface area (Å²) in [6, 6.07) is 8.55. The molecule has 0 spiro atoms. The maximum atomic E-state index is 9.87. The van der Waals surface area contributed by atoms with Crippen LogP contribution in [0.4, 0.5) is 25.2 Å². The zero-order chi connectivity index (χ0) is 16.3. The number of halogens is 6. The van der Waals surface area contributed by atoms with E-state index in [1.165, 1.54) is 11.1 Å². The Bertz CT molecular complexity index is 443. The summed E-state index contributed by atoms with van der Waals surface area (Å²) >= 11 is 0. The van der Waals surface area contributed by atoms with Crippen LogP contribution in [-0.2, 0) is 6.54 Å². The number of benzene rings is 1. The Morgan fingerprint density at radius 1 is 0.950 bits per heavy atom. The molecule has 0 fully saturated rings. The number of rotatable bonds is 3. The van der Waals surface area contributed by atoms with Gasteiger partial charge in [-0.25, -0.2) is 0 Å².